The van der Waals surface area contributed by atoms with Crippen molar-refractivity contribution in [3.63, 3.8) is 0 Å². The van der Waals surface area contributed by atoms with Gasteiger partial charge in [-0.3, -0.25) is 0 Å². The van der Waals surface area contributed by atoms with Crippen LogP contribution in [0.3, 0.4) is 0 Å². The van der Waals surface area contributed by atoms with Crippen LogP contribution in [-0.2, 0) is 0 Å². The molecule has 0 radical (unpaired) electrons. The zero-order valence-corrected chi connectivity index (χ0v) is 10.9. The highest BCUT2D eigenvalue weighted by molar-refractivity contribution is 6.33. The number of rotatable bonds is 1. The number of aryl methyl sites for hydroxylation is 1. The first-order valence-electron chi connectivity index (χ1n) is 6.00. The molecular weight excluding hydrogens is 240 g/mol. The average molecular weight is 253 g/mol. The van der Waals surface area contributed by atoms with Gasteiger partial charge in [-0.1, -0.05) is 66.2 Å². The van der Waals surface area contributed by atoms with Gasteiger partial charge in [-0.2, -0.15) is 0 Å². The summed E-state index contributed by atoms with van der Waals surface area (Å²) in [5.74, 6) is 0. The van der Waals surface area contributed by atoms with E-state index in [1.165, 1.54) is 21.9 Å². The van der Waals surface area contributed by atoms with Gasteiger partial charge in [0.05, 0.1) is 0 Å². The molecule has 3 aromatic carbocycles. The maximum absolute atomic E-state index is 6.30. The monoisotopic (exact) mass is 252 g/mol. The molecular formula is C17H13Cl. The Kier molecular flexibility index (Phi) is 2.81. The minimum absolute atomic E-state index is 0.798. The van der Waals surface area contributed by atoms with Crippen molar-refractivity contribution in [2.75, 3.05) is 0 Å². The summed E-state index contributed by atoms with van der Waals surface area (Å²) in [6, 6.07) is 20.8. The van der Waals surface area contributed by atoms with E-state index in [-0.39, 0.29) is 0 Å². The molecule has 3 aromatic rings. The Bertz CT molecular complexity index is 714. The van der Waals surface area contributed by atoms with Crippen molar-refractivity contribution in [2.45, 2.75) is 6.92 Å². The van der Waals surface area contributed by atoms with Crippen LogP contribution in [0.2, 0.25) is 5.02 Å². The zero-order chi connectivity index (χ0) is 12.5. The average Bonchev–Trinajstić information content (AvgIpc) is 2.41. The van der Waals surface area contributed by atoms with Gasteiger partial charge in [0.25, 0.3) is 0 Å². The molecule has 0 spiro atoms. The molecule has 0 aliphatic rings. The van der Waals surface area contributed by atoms with Crippen molar-refractivity contribution in [3.8, 4) is 11.1 Å². The fourth-order valence-corrected chi connectivity index (χ4v) is 2.60. The molecule has 0 amide bonds. The minimum Gasteiger partial charge on any atom is -0.0837 e. The highest BCUT2D eigenvalue weighted by atomic mass is 35.5. The Morgan fingerprint density at radius 3 is 2.11 bits per heavy atom. The van der Waals surface area contributed by atoms with E-state index >= 15 is 0 Å². The van der Waals surface area contributed by atoms with Crippen LogP contribution in [0.5, 0.6) is 0 Å². The highest BCUT2D eigenvalue weighted by Crippen LogP contribution is 2.34. The lowest BCUT2D eigenvalue weighted by Gasteiger charge is -2.10. The Hall–Kier alpha value is -1.79. The van der Waals surface area contributed by atoms with Gasteiger partial charge in [-0.15, -0.1) is 0 Å². The first-order chi connectivity index (χ1) is 8.77. The maximum Gasteiger partial charge on any atom is 0.0484 e. The van der Waals surface area contributed by atoms with E-state index in [0.717, 1.165) is 10.6 Å². The minimum atomic E-state index is 0.798. The van der Waals surface area contributed by atoms with Crippen molar-refractivity contribution in [3.05, 3.63) is 71.2 Å². The molecule has 0 aliphatic heterocycles. The Morgan fingerprint density at radius 2 is 1.33 bits per heavy atom. The molecule has 0 fully saturated rings. The molecule has 18 heavy (non-hydrogen) atoms. The smallest absolute Gasteiger partial charge is 0.0484 e. The predicted molar refractivity (Wildman–Crippen MR) is 79.1 cm³/mol. The number of fused-ring (bicyclic) bond motifs is 1. The molecule has 0 bridgehead atoms. The number of hydrogen-bond acceptors (Lipinski definition) is 0. The maximum atomic E-state index is 6.30. The molecule has 88 valence electrons. The number of halogens is 1. The molecule has 0 saturated carbocycles. The highest BCUT2D eigenvalue weighted by Gasteiger charge is 2.07. The van der Waals surface area contributed by atoms with E-state index in [9.17, 15) is 0 Å². The van der Waals surface area contributed by atoms with Gasteiger partial charge in [0.2, 0.25) is 0 Å². The summed E-state index contributed by atoms with van der Waals surface area (Å²) >= 11 is 6.30. The normalized spacial score (nSPS) is 10.8. The SMILES string of the molecule is Cc1ccc(-c2ccccc2Cl)c2ccccc12. The van der Waals surface area contributed by atoms with Crippen LogP contribution in [-0.4, -0.2) is 0 Å². The molecule has 0 nitrogen and oxygen atoms in total. The molecule has 0 unspecified atom stereocenters. The summed E-state index contributed by atoms with van der Waals surface area (Å²) in [5, 5.41) is 3.34. The summed E-state index contributed by atoms with van der Waals surface area (Å²) in [6.07, 6.45) is 0. The lowest BCUT2D eigenvalue weighted by molar-refractivity contribution is 1.52. The number of hydrogen-bond donors (Lipinski definition) is 0. The fraction of sp³-hybridized carbons (Fsp3) is 0.0588. The van der Waals surface area contributed by atoms with E-state index < -0.39 is 0 Å². The van der Waals surface area contributed by atoms with Crippen LogP contribution in [0, 0.1) is 6.92 Å². The van der Waals surface area contributed by atoms with Crippen molar-refractivity contribution in [2.24, 2.45) is 0 Å². The summed E-state index contributed by atoms with van der Waals surface area (Å²) < 4.78 is 0. The van der Waals surface area contributed by atoms with E-state index in [0.29, 0.717) is 0 Å². The van der Waals surface area contributed by atoms with Crippen molar-refractivity contribution >= 4 is 22.4 Å². The molecule has 0 heterocycles. The third kappa shape index (κ3) is 1.79. The molecule has 0 atom stereocenters. The van der Waals surface area contributed by atoms with E-state index in [1.54, 1.807) is 0 Å². The predicted octanol–water partition coefficient (Wildman–Crippen LogP) is 5.47. The largest absolute Gasteiger partial charge is 0.0837 e. The Balaban J connectivity index is 2.38. The van der Waals surface area contributed by atoms with E-state index in [4.69, 9.17) is 11.6 Å². The van der Waals surface area contributed by atoms with Gasteiger partial charge in [0, 0.05) is 10.6 Å². The van der Waals surface area contributed by atoms with Gasteiger partial charge in [-0.25, -0.2) is 0 Å². The summed E-state index contributed by atoms with van der Waals surface area (Å²) in [4.78, 5) is 0. The van der Waals surface area contributed by atoms with Crippen LogP contribution in [0.15, 0.2) is 60.7 Å². The summed E-state index contributed by atoms with van der Waals surface area (Å²) in [7, 11) is 0. The van der Waals surface area contributed by atoms with Crippen LogP contribution in [0.1, 0.15) is 5.56 Å². The van der Waals surface area contributed by atoms with Gasteiger partial charge in [0.15, 0.2) is 0 Å². The van der Waals surface area contributed by atoms with Crippen LogP contribution in [0.25, 0.3) is 21.9 Å². The van der Waals surface area contributed by atoms with Gasteiger partial charge in [-0.05, 0) is 34.9 Å². The van der Waals surface area contributed by atoms with E-state index in [2.05, 4.69) is 49.4 Å². The van der Waals surface area contributed by atoms with Gasteiger partial charge in [0.1, 0.15) is 0 Å². The fourth-order valence-electron chi connectivity index (χ4n) is 2.36. The van der Waals surface area contributed by atoms with Crippen LogP contribution in [0.4, 0.5) is 0 Å². The van der Waals surface area contributed by atoms with Crippen molar-refractivity contribution in [1.82, 2.24) is 0 Å². The van der Waals surface area contributed by atoms with Crippen LogP contribution < -0.4 is 0 Å². The first-order valence-corrected chi connectivity index (χ1v) is 6.38. The standard InChI is InChI=1S/C17H13Cl/c1-12-10-11-15(14-7-3-2-6-13(12)14)16-8-4-5-9-17(16)18/h2-11H,1H3. The lowest BCUT2D eigenvalue weighted by Crippen LogP contribution is -1.85. The second kappa shape index (κ2) is 4.47. The molecule has 1 heteroatoms. The van der Waals surface area contributed by atoms with Crippen molar-refractivity contribution < 1.29 is 0 Å². The molecule has 0 saturated heterocycles. The van der Waals surface area contributed by atoms with E-state index in [1.807, 2.05) is 18.2 Å². The quantitative estimate of drug-likeness (QED) is 0.539. The third-order valence-electron chi connectivity index (χ3n) is 3.31. The topological polar surface area (TPSA) is 0 Å². The molecule has 0 aliphatic carbocycles. The molecule has 0 aromatic heterocycles. The second-order valence-corrected chi connectivity index (χ2v) is 4.86. The summed E-state index contributed by atoms with van der Waals surface area (Å²) in [6.45, 7) is 2.14. The number of benzene rings is 3. The Labute approximate surface area is 112 Å². The zero-order valence-electron chi connectivity index (χ0n) is 10.2. The molecule has 0 N–H and O–H groups in total. The van der Waals surface area contributed by atoms with Gasteiger partial charge < -0.3 is 0 Å². The second-order valence-electron chi connectivity index (χ2n) is 4.46. The lowest BCUT2D eigenvalue weighted by atomic mass is 9.95. The van der Waals surface area contributed by atoms with Crippen LogP contribution >= 0.6 is 11.6 Å². The summed E-state index contributed by atoms with van der Waals surface area (Å²) in [5.41, 5.74) is 3.58. The van der Waals surface area contributed by atoms with Gasteiger partial charge >= 0.3 is 0 Å². The molecule has 3 rings (SSSR count). The Morgan fingerprint density at radius 1 is 0.667 bits per heavy atom. The first kappa shape index (κ1) is 11.3. The third-order valence-corrected chi connectivity index (χ3v) is 3.64. The van der Waals surface area contributed by atoms with Crippen molar-refractivity contribution in [1.29, 1.82) is 0 Å².